The van der Waals surface area contributed by atoms with Gasteiger partial charge in [-0.2, -0.15) is 0 Å². The largest absolute Gasteiger partial charge is 0.305 e. The Balaban J connectivity index is 2.27. The lowest BCUT2D eigenvalue weighted by Gasteiger charge is -2.34. The normalized spacial score (nSPS) is 27.9. The number of likely N-dealkylation sites (N-methyl/N-ethyl adjacent to an activating group) is 1. The van der Waals surface area contributed by atoms with E-state index in [0.717, 1.165) is 5.92 Å². The van der Waals surface area contributed by atoms with Gasteiger partial charge in [-0.05, 0) is 46.3 Å². The van der Waals surface area contributed by atoms with Crippen molar-refractivity contribution in [1.82, 2.24) is 9.80 Å². The molecule has 0 aliphatic carbocycles. The van der Waals surface area contributed by atoms with Crippen LogP contribution in [0.3, 0.4) is 0 Å². The molecule has 0 bridgehead atoms. The summed E-state index contributed by atoms with van der Waals surface area (Å²) in [6.45, 7) is 8.52. The Hall–Kier alpha value is -0.0800. The Labute approximate surface area is 82.9 Å². The maximum absolute atomic E-state index is 2.61. The van der Waals surface area contributed by atoms with Gasteiger partial charge in [0, 0.05) is 19.1 Å². The topological polar surface area (TPSA) is 6.48 Å². The van der Waals surface area contributed by atoms with Crippen molar-refractivity contribution < 1.29 is 0 Å². The molecule has 13 heavy (non-hydrogen) atoms. The Morgan fingerprint density at radius 2 is 2.15 bits per heavy atom. The molecular weight excluding hydrogens is 160 g/mol. The summed E-state index contributed by atoms with van der Waals surface area (Å²) in [6.07, 6.45) is 2.81. The molecular formula is C11H24N2. The third-order valence-corrected chi connectivity index (χ3v) is 3.15. The third kappa shape index (κ3) is 3.65. The summed E-state index contributed by atoms with van der Waals surface area (Å²) >= 11 is 0. The van der Waals surface area contributed by atoms with Crippen LogP contribution in [0.4, 0.5) is 0 Å². The molecule has 1 fully saturated rings. The summed E-state index contributed by atoms with van der Waals surface area (Å²) in [7, 11) is 4.33. The zero-order chi connectivity index (χ0) is 9.84. The van der Waals surface area contributed by atoms with E-state index in [1.807, 2.05) is 0 Å². The number of rotatable bonds is 3. The number of likely N-dealkylation sites (tertiary alicyclic amines) is 1. The molecule has 2 unspecified atom stereocenters. The summed E-state index contributed by atoms with van der Waals surface area (Å²) in [5.74, 6) is 0.906. The maximum atomic E-state index is 2.61. The van der Waals surface area contributed by atoms with Gasteiger partial charge in [-0.3, -0.25) is 0 Å². The zero-order valence-corrected chi connectivity index (χ0v) is 9.58. The average Bonchev–Trinajstić information content (AvgIpc) is 2.04. The highest BCUT2D eigenvalue weighted by atomic mass is 15.2. The van der Waals surface area contributed by atoms with Gasteiger partial charge >= 0.3 is 0 Å². The first-order valence-corrected chi connectivity index (χ1v) is 5.48. The molecule has 0 N–H and O–H groups in total. The van der Waals surface area contributed by atoms with E-state index in [1.54, 1.807) is 0 Å². The number of hydrogen-bond acceptors (Lipinski definition) is 2. The third-order valence-electron chi connectivity index (χ3n) is 3.15. The second kappa shape index (κ2) is 4.97. The van der Waals surface area contributed by atoms with Crippen LogP contribution in [0.1, 0.15) is 26.7 Å². The number of piperidine rings is 1. The second-order valence-electron chi connectivity index (χ2n) is 4.82. The SMILES string of the molecule is CC1CCCN(CC(C)N(C)C)C1. The van der Waals surface area contributed by atoms with Gasteiger partial charge in [0.05, 0.1) is 0 Å². The minimum Gasteiger partial charge on any atom is -0.305 e. The molecule has 0 saturated carbocycles. The van der Waals surface area contributed by atoms with E-state index in [-0.39, 0.29) is 0 Å². The van der Waals surface area contributed by atoms with E-state index < -0.39 is 0 Å². The first kappa shape index (κ1) is 11.0. The van der Waals surface area contributed by atoms with Crippen molar-refractivity contribution in [1.29, 1.82) is 0 Å². The van der Waals surface area contributed by atoms with Crippen molar-refractivity contribution >= 4 is 0 Å². The smallest absolute Gasteiger partial charge is 0.0188 e. The van der Waals surface area contributed by atoms with Crippen molar-refractivity contribution in [3.63, 3.8) is 0 Å². The van der Waals surface area contributed by atoms with Crippen LogP contribution in [0.2, 0.25) is 0 Å². The fraction of sp³-hybridized carbons (Fsp3) is 1.00. The number of nitrogens with zero attached hydrogens (tertiary/aromatic N) is 2. The summed E-state index contributed by atoms with van der Waals surface area (Å²) in [5, 5.41) is 0. The van der Waals surface area contributed by atoms with Gasteiger partial charge in [-0.25, -0.2) is 0 Å². The second-order valence-corrected chi connectivity index (χ2v) is 4.82. The molecule has 0 aromatic carbocycles. The monoisotopic (exact) mass is 184 g/mol. The van der Waals surface area contributed by atoms with E-state index in [2.05, 4.69) is 37.7 Å². The lowest BCUT2D eigenvalue weighted by molar-refractivity contribution is 0.142. The molecule has 2 atom stereocenters. The highest BCUT2D eigenvalue weighted by Gasteiger charge is 2.18. The summed E-state index contributed by atoms with van der Waals surface area (Å²) < 4.78 is 0. The quantitative estimate of drug-likeness (QED) is 0.658. The molecule has 0 aromatic rings. The Morgan fingerprint density at radius 3 is 2.69 bits per heavy atom. The van der Waals surface area contributed by atoms with Gasteiger partial charge in [0.15, 0.2) is 0 Å². The van der Waals surface area contributed by atoms with Crippen molar-refractivity contribution in [3.8, 4) is 0 Å². The van der Waals surface area contributed by atoms with Crippen LogP contribution < -0.4 is 0 Å². The molecule has 1 aliphatic heterocycles. The molecule has 2 heteroatoms. The van der Waals surface area contributed by atoms with E-state index in [4.69, 9.17) is 0 Å². The Morgan fingerprint density at radius 1 is 1.46 bits per heavy atom. The van der Waals surface area contributed by atoms with Crippen LogP contribution >= 0.6 is 0 Å². The lowest BCUT2D eigenvalue weighted by atomic mass is 10.00. The fourth-order valence-electron chi connectivity index (χ4n) is 1.99. The standard InChI is InChI=1S/C11H24N2/c1-10-6-5-7-13(8-10)9-11(2)12(3)4/h10-11H,5-9H2,1-4H3. The van der Waals surface area contributed by atoms with E-state index in [9.17, 15) is 0 Å². The van der Waals surface area contributed by atoms with Gasteiger partial charge in [0.1, 0.15) is 0 Å². The van der Waals surface area contributed by atoms with E-state index in [0.29, 0.717) is 6.04 Å². The van der Waals surface area contributed by atoms with Crippen LogP contribution in [0.25, 0.3) is 0 Å². The van der Waals surface area contributed by atoms with Gasteiger partial charge in [0.25, 0.3) is 0 Å². The van der Waals surface area contributed by atoms with Crippen LogP contribution in [0.5, 0.6) is 0 Å². The highest BCUT2D eigenvalue weighted by Crippen LogP contribution is 2.15. The molecule has 1 saturated heterocycles. The van der Waals surface area contributed by atoms with Crippen LogP contribution in [-0.4, -0.2) is 49.6 Å². The van der Waals surface area contributed by atoms with Crippen LogP contribution in [0.15, 0.2) is 0 Å². The molecule has 0 radical (unpaired) electrons. The van der Waals surface area contributed by atoms with Gasteiger partial charge in [-0.1, -0.05) is 6.92 Å². The van der Waals surface area contributed by atoms with Crippen molar-refractivity contribution in [3.05, 3.63) is 0 Å². The van der Waals surface area contributed by atoms with Gasteiger partial charge in [0.2, 0.25) is 0 Å². The van der Waals surface area contributed by atoms with Crippen LogP contribution in [0, 0.1) is 5.92 Å². The molecule has 78 valence electrons. The Bertz CT molecular complexity index is 145. The fourth-order valence-corrected chi connectivity index (χ4v) is 1.99. The van der Waals surface area contributed by atoms with E-state index >= 15 is 0 Å². The first-order valence-electron chi connectivity index (χ1n) is 5.48. The summed E-state index contributed by atoms with van der Waals surface area (Å²) in [5.41, 5.74) is 0. The highest BCUT2D eigenvalue weighted by molar-refractivity contribution is 4.73. The zero-order valence-electron chi connectivity index (χ0n) is 9.58. The van der Waals surface area contributed by atoms with Gasteiger partial charge in [-0.15, -0.1) is 0 Å². The van der Waals surface area contributed by atoms with E-state index in [1.165, 1.54) is 32.5 Å². The molecule has 0 amide bonds. The Kier molecular flexibility index (Phi) is 4.20. The molecule has 2 nitrogen and oxygen atoms in total. The van der Waals surface area contributed by atoms with Crippen LogP contribution in [-0.2, 0) is 0 Å². The van der Waals surface area contributed by atoms with Gasteiger partial charge < -0.3 is 9.80 Å². The maximum Gasteiger partial charge on any atom is 0.0188 e. The number of hydrogen-bond donors (Lipinski definition) is 0. The predicted molar refractivity (Wildman–Crippen MR) is 58.0 cm³/mol. The summed E-state index contributed by atoms with van der Waals surface area (Å²) in [6, 6.07) is 0.685. The molecule has 1 heterocycles. The minimum atomic E-state index is 0.685. The summed E-state index contributed by atoms with van der Waals surface area (Å²) in [4.78, 5) is 4.91. The molecule has 1 aliphatic rings. The molecule has 0 spiro atoms. The average molecular weight is 184 g/mol. The predicted octanol–water partition coefficient (Wildman–Crippen LogP) is 1.67. The first-order chi connectivity index (χ1) is 6.09. The van der Waals surface area contributed by atoms with Crippen molar-refractivity contribution in [2.75, 3.05) is 33.7 Å². The lowest BCUT2D eigenvalue weighted by Crippen LogP contribution is -2.42. The van der Waals surface area contributed by atoms with Crippen molar-refractivity contribution in [2.45, 2.75) is 32.7 Å². The minimum absolute atomic E-state index is 0.685. The van der Waals surface area contributed by atoms with Crippen molar-refractivity contribution in [2.24, 2.45) is 5.92 Å². The molecule has 0 aromatic heterocycles. The molecule has 1 rings (SSSR count).